The number of aliphatic carboxylic acids is 1. The van der Waals surface area contributed by atoms with Crippen LogP contribution in [0.5, 0.6) is 0 Å². The number of carbonyl (C=O) groups is 1. The van der Waals surface area contributed by atoms with Gasteiger partial charge in [-0.1, -0.05) is 24.3 Å². The summed E-state index contributed by atoms with van der Waals surface area (Å²) in [7, 11) is 0. The predicted octanol–water partition coefficient (Wildman–Crippen LogP) is 1.66. The number of hydrogen-bond acceptors (Lipinski definition) is 3. The summed E-state index contributed by atoms with van der Waals surface area (Å²) in [6.45, 7) is 2.74. The van der Waals surface area contributed by atoms with Gasteiger partial charge in [0.1, 0.15) is 0 Å². The molecule has 1 aromatic rings. The Morgan fingerprint density at radius 1 is 1.26 bits per heavy atom. The van der Waals surface area contributed by atoms with Crippen LogP contribution in [0.25, 0.3) is 0 Å². The van der Waals surface area contributed by atoms with Crippen LogP contribution in [0, 0.1) is 0 Å². The van der Waals surface area contributed by atoms with E-state index in [1.54, 1.807) is 0 Å². The van der Waals surface area contributed by atoms with Gasteiger partial charge in [0.2, 0.25) is 0 Å². The number of aliphatic hydroxyl groups excluding tert-OH is 1. The number of rotatable bonds is 5. The number of hydrogen-bond donors (Lipinski definition) is 2. The minimum Gasteiger partial charge on any atom is -0.481 e. The second kappa shape index (κ2) is 6.68. The lowest BCUT2D eigenvalue weighted by molar-refractivity contribution is -0.136. The number of nitrogens with zero attached hydrogens (tertiary/aromatic N) is 1. The molecule has 2 rings (SSSR count). The zero-order valence-electron chi connectivity index (χ0n) is 11.1. The second-order valence-electron chi connectivity index (χ2n) is 5.22. The Balaban J connectivity index is 1.89. The normalized spacial score (nSPS) is 17.5. The van der Waals surface area contributed by atoms with Gasteiger partial charge in [-0.15, -0.1) is 0 Å². The van der Waals surface area contributed by atoms with Crippen LogP contribution in [-0.4, -0.2) is 40.3 Å². The fourth-order valence-corrected chi connectivity index (χ4v) is 2.47. The smallest absolute Gasteiger partial charge is 0.303 e. The largest absolute Gasteiger partial charge is 0.481 e. The van der Waals surface area contributed by atoms with E-state index in [-0.39, 0.29) is 12.5 Å². The molecule has 1 aliphatic heterocycles. The summed E-state index contributed by atoms with van der Waals surface area (Å²) >= 11 is 0. The van der Waals surface area contributed by atoms with Crippen molar-refractivity contribution in [1.82, 2.24) is 4.90 Å². The van der Waals surface area contributed by atoms with Gasteiger partial charge in [0.25, 0.3) is 0 Å². The van der Waals surface area contributed by atoms with Crippen molar-refractivity contribution in [3.63, 3.8) is 0 Å². The number of aliphatic hydroxyl groups is 1. The molecule has 0 radical (unpaired) electrons. The number of benzene rings is 1. The molecule has 19 heavy (non-hydrogen) atoms. The minimum atomic E-state index is -0.754. The summed E-state index contributed by atoms with van der Waals surface area (Å²) in [6, 6.07) is 8.14. The highest BCUT2D eigenvalue weighted by Crippen LogP contribution is 2.15. The third kappa shape index (κ3) is 4.65. The quantitative estimate of drug-likeness (QED) is 0.848. The monoisotopic (exact) mass is 263 g/mol. The molecule has 1 fully saturated rings. The summed E-state index contributed by atoms with van der Waals surface area (Å²) in [5, 5.41) is 18.2. The molecule has 1 aliphatic rings. The van der Waals surface area contributed by atoms with Gasteiger partial charge in [-0.25, -0.2) is 0 Å². The second-order valence-corrected chi connectivity index (χ2v) is 5.22. The fourth-order valence-electron chi connectivity index (χ4n) is 2.47. The Hall–Kier alpha value is -1.39. The highest BCUT2D eigenvalue weighted by Gasteiger charge is 2.16. The molecule has 0 unspecified atom stereocenters. The van der Waals surface area contributed by atoms with E-state index < -0.39 is 5.97 Å². The van der Waals surface area contributed by atoms with Crippen LogP contribution in [0.15, 0.2) is 24.3 Å². The first kappa shape index (κ1) is 14.0. The Kier molecular flexibility index (Phi) is 4.93. The number of piperidine rings is 1. The van der Waals surface area contributed by atoms with Crippen LogP contribution in [0.2, 0.25) is 0 Å². The summed E-state index contributed by atoms with van der Waals surface area (Å²) in [5.41, 5.74) is 2.30. The van der Waals surface area contributed by atoms with Crippen molar-refractivity contribution in [3.05, 3.63) is 35.4 Å². The van der Waals surface area contributed by atoms with Crippen LogP contribution < -0.4 is 0 Å². The average Bonchev–Trinajstić information content (AvgIpc) is 2.40. The fraction of sp³-hybridized carbons (Fsp3) is 0.533. The molecule has 2 N–H and O–H groups in total. The molecule has 0 atom stereocenters. The van der Waals surface area contributed by atoms with Crippen molar-refractivity contribution in [3.8, 4) is 0 Å². The van der Waals surface area contributed by atoms with E-state index >= 15 is 0 Å². The summed E-state index contributed by atoms with van der Waals surface area (Å²) in [5.74, 6) is -0.754. The zero-order chi connectivity index (χ0) is 13.7. The molecular formula is C15H21NO3. The van der Waals surface area contributed by atoms with E-state index in [9.17, 15) is 9.90 Å². The molecular weight excluding hydrogens is 242 g/mol. The first-order valence-corrected chi connectivity index (χ1v) is 6.83. The number of carboxylic acid groups (broad SMARTS) is 1. The maximum Gasteiger partial charge on any atom is 0.303 e. The lowest BCUT2D eigenvalue weighted by Crippen LogP contribution is -2.35. The molecule has 0 bridgehead atoms. The first-order valence-electron chi connectivity index (χ1n) is 6.83. The molecule has 0 aliphatic carbocycles. The molecule has 0 aromatic heterocycles. The molecule has 104 valence electrons. The van der Waals surface area contributed by atoms with Gasteiger partial charge in [0, 0.05) is 26.1 Å². The standard InChI is InChI=1S/C15H21NO3/c17-14-6-8-16(9-7-14)11-13-3-1-2-12(10-13)4-5-15(18)19/h1-3,10,14,17H,4-9,11H2,(H,18,19). The molecule has 0 saturated carbocycles. The highest BCUT2D eigenvalue weighted by atomic mass is 16.4. The van der Waals surface area contributed by atoms with Crippen molar-refractivity contribution >= 4 is 5.97 Å². The lowest BCUT2D eigenvalue weighted by atomic mass is 10.0. The van der Waals surface area contributed by atoms with Gasteiger partial charge in [-0.3, -0.25) is 9.69 Å². The molecule has 0 amide bonds. The topological polar surface area (TPSA) is 60.8 Å². The summed E-state index contributed by atoms with van der Waals surface area (Å²) in [4.78, 5) is 12.9. The molecule has 4 heteroatoms. The first-order chi connectivity index (χ1) is 9.13. The Bertz CT molecular complexity index is 425. The molecule has 0 spiro atoms. The van der Waals surface area contributed by atoms with Crippen LogP contribution in [0.3, 0.4) is 0 Å². The van der Waals surface area contributed by atoms with Crippen LogP contribution in [0.1, 0.15) is 30.4 Å². The van der Waals surface area contributed by atoms with Gasteiger partial charge in [-0.05, 0) is 30.4 Å². The third-order valence-corrected chi connectivity index (χ3v) is 3.58. The molecule has 1 aromatic carbocycles. The maximum atomic E-state index is 10.6. The van der Waals surface area contributed by atoms with Crippen LogP contribution >= 0.6 is 0 Å². The van der Waals surface area contributed by atoms with Crippen molar-refractivity contribution in [2.24, 2.45) is 0 Å². The third-order valence-electron chi connectivity index (χ3n) is 3.58. The van der Waals surface area contributed by atoms with Gasteiger partial charge >= 0.3 is 5.97 Å². The van der Waals surface area contributed by atoms with Crippen molar-refractivity contribution in [2.45, 2.75) is 38.3 Å². The minimum absolute atomic E-state index is 0.141. The van der Waals surface area contributed by atoms with E-state index in [4.69, 9.17) is 5.11 Å². The van der Waals surface area contributed by atoms with E-state index in [0.717, 1.165) is 38.0 Å². The van der Waals surface area contributed by atoms with Crippen LogP contribution in [0.4, 0.5) is 0 Å². The van der Waals surface area contributed by atoms with Gasteiger partial charge < -0.3 is 10.2 Å². The predicted molar refractivity (Wildman–Crippen MR) is 72.9 cm³/mol. The van der Waals surface area contributed by atoms with E-state index in [0.29, 0.717) is 6.42 Å². The molecule has 1 heterocycles. The Labute approximate surface area is 113 Å². The number of aryl methyl sites for hydroxylation is 1. The van der Waals surface area contributed by atoms with Gasteiger partial charge in [0.15, 0.2) is 0 Å². The highest BCUT2D eigenvalue weighted by molar-refractivity contribution is 5.67. The molecule has 1 saturated heterocycles. The van der Waals surface area contributed by atoms with E-state index in [1.165, 1.54) is 5.56 Å². The SMILES string of the molecule is O=C(O)CCc1cccc(CN2CCC(O)CC2)c1. The average molecular weight is 263 g/mol. The van der Waals surface area contributed by atoms with Crippen molar-refractivity contribution in [2.75, 3.05) is 13.1 Å². The van der Waals surface area contributed by atoms with Gasteiger partial charge in [0.05, 0.1) is 6.10 Å². The molecule has 4 nitrogen and oxygen atoms in total. The maximum absolute atomic E-state index is 10.6. The number of carboxylic acids is 1. The van der Waals surface area contributed by atoms with Crippen molar-refractivity contribution in [1.29, 1.82) is 0 Å². The number of likely N-dealkylation sites (tertiary alicyclic amines) is 1. The van der Waals surface area contributed by atoms with Crippen LogP contribution in [-0.2, 0) is 17.8 Å². The zero-order valence-corrected chi connectivity index (χ0v) is 11.1. The van der Waals surface area contributed by atoms with E-state index in [2.05, 4.69) is 17.0 Å². The Morgan fingerprint density at radius 3 is 2.63 bits per heavy atom. The van der Waals surface area contributed by atoms with Gasteiger partial charge in [-0.2, -0.15) is 0 Å². The van der Waals surface area contributed by atoms with E-state index in [1.807, 2.05) is 12.1 Å². The summed E-state index contributed by atoms with van der Waals surface area (Å²) < 4.78 is 0. The van der Waals surface area contributed by atoms with Crippen molar-refractivity contribution < 1.29 is 15.0 Å². The lowest BCUT2D eigenvalue weighted by Gasteiger charge is -2.29. The summed E-state index contributed by atoms with van der Waals surface area (Å²) in [6.07, 6.45) is 2.32. The Morgan fingerprint density at radius 2 is 1.95 bits per heavy atom.